The van der Waals surface area contributed by atoms with Crippen molar-refractivity contribution in [3.63, 3.8) is 0 Å². The van der Waals surface area contributed by atoms with Crippen molar-refractivity contribution in [1.82, 2.24) is 24.6 Å². The van der Waals surface area contributed by atoms with E-state index in [-0.39, 0.29) is 35.1 Å². The number of hydrogen-bond donors (Lipinski definition) is 3. The average Bonchev–Trinajstić information content (AvgIpc) is 3.26. The van der Waals surface area contributed by atoms with Gasteiger partial charge in [0, 0.05) is 25.1 Å². The molecule has 222 valence electrons. The van der Waals surface area contributed by atoms with Gasteiger partial charge in [0.1, 0.15) is 17.2 Å². The van der Waals surface area contributed by atoms with Crippen LogP contribution in [0.2, 0.25) is 0 Å². The highest BCUT2D eigenvalue weighted by Crippen LogP contribution is 2.26. The SMILES string of the molecule is C=CCNc1c(C(=O)NC(C)c2nc3cccc(C#CC4CC(C)OC(C)C4)c3c(=O)n2-c2ccccc2)c(N)nn1C. The van der Waals surface area contributed by atoms with Crippen molar-refractivity contribution in [2.45, 2.75) is 51.9 Å². The van der Waals surface area contributed by atoms with Gasteiger partial charge in [-0.1, -0.05) is 42.2 Å². The summed E-state index contributed by atoms with van der Waals surface area (Å²) in [6.45, 7) is 10.0. The molecule has 1 fully saturated rings. The molecule has 43 heavy (non-hydrogen) atoms. The highest BCUT2D eigenvalue weighted by Gasteiger charge is 2.26. The van der Waals surface area contributed by atoms with Gasteiger partial charge in [0.05, 0.1) is 34.8 Å². The van der Waals surface area contributed by atoms with Gasteiger partial charge in [0.15, 0.2) is 5.82 Å². The molecule has 0 aliphatic carbocycles. The molecular formula is C33H37N7O3. The molecule has 4 N–H and O–H groups in total. The number of nitrogens with zero attached hydrogens (tertiary/aromatic N) is 4. The van der Waals surface area contributed by atoms with Gasteiger partial charge in [-0.05, 0) is 57.9 Å². The van der Waals surface area contributed by atoms with E-state index in [1.807, 2.05) is 42.5 Å². The van der Waals surface area contributed by atoms with E-state index < -0.39 is 11.9 Å². The molecule has 1 saturated heterocycles. The Balaban J connectivity index is 1.58. The van der Waals surface area contributed by atoms with Gasteiger partial charge in [0.2, 0.25) is 0 Å². The maximum absolute atomic E-state index is 14.3. The number of nitrogen functional groups attached to an aromatic ring is 1. The number of para-hydroxylation sites is 1. The Morgan fingerprint density at radius 3 is 2.60 bits per heavy atom. The highest BCUT2D eigenvalue weighted by atomic mass is 16.5. The number of hydrogen-bond acceptors (Lipinski definition) is 7. The van der Waals surface area contributed by atoms with E-state index in [1.165, 1.54) is 4.68 Å². The lowest BCUT2D eigenvalue weighted by molar-refractivity contribution is -0.0419. The second kappa shape index (κ2) is 12.5. The fraction of sp³-hybridized carbons (Fsp3) is 0.333. The molecule has 4 aromatic rings. The molecule has 1 aliphatic rings. The van der Waals surface area contributed by atoms with Crippen molar-refractivity contribution in [3.8, 4) is 17.5 Å². The molecule has 2 aromatic heterocycles. The number of amides is 1. The molecule has 0 saturated carbocycles. The molecule has 1 aliphatic heterocycles. The van der Waals surface area contributed by atoms with Crippen LogP contribution in [-0.4, -0.2) is 44.0 Å². The van der Waals surface area contributed by atoms with E-state index in [1.54, 1.807) is 30.7 Å². The number of benzene rings is 2. The molecule has 10 heteroatoms. The summed E-state index contributed by atoms with van der Waals surface area (Å²) in [6, 6.07) is 14.1. The Morgan fingerprint density at radius 1 is 1.19 bits per heavy atom. The lowest BCUT2D eigenvalue weighted by atomic mass is 9.93. The molecule has 0 bridgehead atoms. The van der Waals surface area contributed by atoms with Crippen LogP contribution in [0.4, 0.5) is 11.6 Å². The van der Waals surface area contributed by atoms with Gasteiger partial charge in [-0.2, -0.15) is 5.10 Å². The van der Waals surface area contributed by atoms with Gasteiger partial charge < -0.3 is 21.1 Å². The smallest absolute Gasteiger partial charge is 0.267 e. The minimum absolute atomic E-state index is 0.0854. The van der Waals surface area contributed by atoms with Crippen LogP contribution < -0.4 is 21.9 Å². The predicted octanol–water partition coefficient (Wildman–Crippen LogP) is 4.35. The van der Waals surface area contributed by atoms with Crippen LogP contribution in [0.5, 0.6) is 0 Å². The second-order valence-corrected chi connectivity index (χ2v) is 10.9. The van der Waals surface area contributed by atoms with Crippen LogP contribution >= 0.6 is 0 Å². The van der Waals surface area contributed by atoms with Gasteiger partial charge in [-0.3, -0.25) is 18.8 Å². The van der Waals surface area contributed by atoms with Crippen LogP contribution in [0.1, 0.15) is 61.4 Å². The number of fused-ring (bicyclic) bond motifs is 1. The molecule has 5 rings (SSSR count). The number of ether oxygens (including phenoxy) is 1. The molecule has 0 radical (unpaired) electrons. The van der Waals surface area contributed by atoms with Gasteiger partial charge in [0.25, 0.3) is 11.5 Å². The number of anilines is 2. The first-order valence-corrected chi connectivity index (χ1v) is 14.4. The van der Waals surface area contributed by atoms with Crippen molar-refractivity contribution in [3.05, 3.63) is 88.5 Å². The monoisotopic (exact) mass is 579 g/mol. The van der Waals surface area contributed by atoms with E-state index in [4.69, 9.17) is 15.5 Å². The van der Waals surface area contributed by atoms with Crippen LogP contribution in [0, 0.1) is 17.8 Å². The molecule has 10 nitrogen and oxygen atoms in total. The van der Waals surface area contributed by atoms with Crippen LogP contribution in [-0.2, 0) is 11.8 Å². The summed E-state index contributed by atoms with van der Waals surface area (Å²) in [4.78, 5) is 32.7. The summed E-state index contributed by atoms with van der Waals surface area (Å²) in [5, 5.41) is 10.7. The van der Waals surface area contributed by atoms with E-state index in [0.717, 1.165) is 12.8 Å². The first kappa shape index (κ1) is 29.6. The van der Waals surface area contributed by atoms with Crippen molar-refractivity contribution >= 4 is 28.4 Å². The summed E-state index contributed by atoms with van der Waals surface area (Å²) in [5.41, 5.74) is 7.81. The predicted molar refractivity (Wildman–Crippen MR) is 169 cm³/mol. The first-order chi connectivity index (χ1) is 20.7. The van der Waals surface area contributed by atoms with Gasteiger partial charge >= 0.3 is 0 Å². The molecule has 3 heterocycles. The molecule has 0 spiro atoms. The molecular weight excluding hydrogens is 542 g/mol. The lowest BCUT2D eigenvalue weighted by Crippen LogP contribution is -2.34. The maximum Gasteiger partial charge on any atom is 0.267 e. The third-order valence-electron chi connectivity index (χ3n) is 7.50. The van der Waals surface area contributed by atoms with Gasteiger partial charge in [-0.15, -0.1) is 6.58 Å². The Labute approximate surface area is 251 Å². The molecule has 3 atom stereocenters. The number of aromatic nitrogens is 4. The van der Waals surface area contributed by atoms with Crippen molar-refractivity contribution in [2.24, 2.45) is 13.0 Å². The molecule has 3 unspecified atom stereocenters. The quantitative estimate of drug-likeness (QED) is 0.219. The molecule has 2 aromatic carbocycles. The summed E-state index contributed by atoms with van der Waals surface area (Å²) in [6.07, 6.45) is 3.66. The van der Waals surface area contributed by atoms with E-state index in [0.29, 0.717) is 40.3 Å². The number of carbonyl (C=O) groups excluding carboxylic acids is 1. The largest absolute Gasteiger partial charge is 0.381 e. The molecule has 1 amide bonds. The number of nitrogens with two attached hydrogens (primary N) is 1. The van der Waals surface area contributed by atoms with Crippen LogP contribution in [0.25, 0.3) is 16.6 Å². The Bertz CT molecular complexity index is 1770. The maximum atomic E-state index is 14.3. The van der Waals surface area contributed by atoms with Crippen molar-refractivity contribution < 1.29 is 9.53 Å². The summed E-state index contributed by atoms with van der Waals surface area (Å²) >= 11 is 0. The van der Waals surface area contributed by atoms with Crippen molar-refractivity contribution in [1.29, 1.82) is 0 Å². The summed E-state index contributed by atoms with van der Waals surface area (Å²) in [5.74, 6) is 7.33. The zero-order chi connectivity index (χ0) is 30.7. The lowest BCUT2D eigenvalue weighted by Gasteiger charge is -2.29. The third-order valence-corrected chi connectivity index (χ3v) is 7.50. The zero-order valence-electron chi connectivity index (χ0n) is 24.9. The summed E-state index contributed by atoms with van der Waals surface area (Å²) < 4.78 is 8.92. The zero-order valence-corrected chi connectivity index (χ0v) is 24.9. The average molecular weight is 580 g/mol. The minimum atomic E-state index is -0.670. The minimum Gasteiger partial charge on any atom is -0.381 e. The summed E-state index contributed by atoms with van der Waals surface area (Å²) in [7, 11) is 1.70. The number of carbonyl (C=O) groups is 1. The van der Waals surface area contributed by atoms with Crippen LogP contribution in [0.3, 0.4) is 0 Å². The Kier molecular flexibility index (Phi) is 8.64. The van der Waals surface area contributed by atoms with E-state index >= 15 is 0 Å². The fourth-order valence-corrected chi connectivity index (χ4v) is 5.65. The topological polar surface area (TPSA) is 129 Å². The van der Waals surface area contributed by atoms with E-state index in [2.05, 4.69) is 48.0 Å². The second-order valence-electron chi connectivity index (χ2n) is 10.9. The Hall–Kier alpha value is -4.88. The van der Waals surface area contributed by atoms with E-state index in [9.17, 15) is 9.59 Å². The van der Waals surface area contributed by atoms with Crippen molar-refractivity contribution in [2.75, 3.05) is 17.6 Å². The van der Waals surface area contributed by atoms with Gasteiger partial charge in [-0.25, -0.2) is 4.98 Å². The standard InChI is InChI=1S/C33H37N7O3/c1-6-17-35-31-28(29(34)38-39(31)5)32(41)36-22(4)30-37-26-14-10-11-24(16-15-23-18-20(2)43-21(3)19-23)27(26)33(42)40(30)25-12-8-7-9-13-25/h6-14,20-23,35H,1,17-19H2,2-5H3,(H2,34,38)(H,36,41). The number of rotatable bonds is 7. The van der Waals surface area contributed by atoms with Crippen LogP contribution in [0.15, 0.2) is 66.0 Å². The third kappa shape index (κ3) is 6.17. The normalized spacial score (nSPS) is 18.8. The fourth-order valence-electron chi connectivity index (χ4n) is 5.65. The number of aryl methyl sites for hydroxylation is 1. The highest BCUT2D eigenvalue weighted by molar-refractivity contribution is 6.03. The first-order valence-electron chi connectivity index (χ1n) is 14.4. The Morgan fingerprint density at radius 2 is 1.91 bits per heavy atom. The number of nitrogens with one attached hydrogen (secondary N) is 2.